The third kappa shape index (κ3) is 7.30. The molecule has 0 saturated carbocycles. The van der Waals surface area contributed by atoms with Gasteiger partial charge in [0.2, 0.25) is 0 Å². The Labute approximate surface area is 238 Å². The molecule has 0 radical (unpaired) electrons. The number of aliphatic hydroxyl groups excluding tert-OH is 1. The van der Waals surface area contributed by atoms with Crippen molar-refractivity contribution in [3.05, 3.63) is 76.1 Å². The maximum atomic E-state index is 13.9. The van der Waals surface area contributed by atoms with Crippen LogP contribution in [-0.2, 0) is 34.5 Å². The first-order chi connectivity index (χ1) is 19.2. The van der Waals surface area contributed by atoms with Crippen molar-refractivity contribution in [3.8, 4) is 0 Å². The molecule has 1 amide bonds. The van der Waals surface area contributed by atoms with Crippen molar-refractivity contribution in [2.75, 3.05) is 5.75 Å². The zero-order chi connectivity index (χ0) is 31.8. The Morgan fingerprint density at radius 3 is 2.21 bits per heavy atom. The molecule has 230 valence electrons. The number of aliphatic hydroxyl groups is 1. The number of hydrogen-bond donors (Lipinski definition) is 2. The van der Waals surface area contributed by atoms with Crippen molar-refractivity contribution >= 4 is 15.7 Å². The van der Waals surface area contributed by atoms with Gasteiger partial charge in [0.15, 0.2) is 15.9 Å². The number of alkyl halides is 6. The summed E-state index contributed by atoms with van der Waals surface area (Å²) < 4.78 is 106. The number of benzene rings is 1. The highest BCUT2D eigenvalue weighted by molar-refractivity contribution is 7.91. The van der Waals surface area contributed by atoms with E-state index in [4.69, 9.17) is 0 Å². The maximum absolute atomic E-state index is 13.9. The van der Waals surface area contributed by atoms with Crippen LogP contribution < -0.4 is 5.32 Å². The number of nitrogens with one attached hydrogen (secondary N) is 1. The van der Waals surface area contributed by atoms with E-state index in [0.29, 0.717) is 5.69 Å². The summed E-state index contributed by atoms with van der Waals surface area (Å²) in [6.45, 7) is 7.61. The normalized spacial score (nSPS) is 13.7. The molecule has 3 rings (SSSR count). The zero-order valence-electron chi connectivity index (χ0n) is 23.4. The first-order valence-electron chi connectivity index (χ1n) is 12.6. The third-order valence-corrected chi connectivity index (χ3v) is 8.19. The van der Waals surface area contributed by atoms with Crippen LogP contribution >= 0.6 is 0 Å². The standard InChI is InChI=1S/C27H30F6N4O4S/c1-6-42(40,41)19-10-9-18(34-13-19)12-35-23(39)21-15(2)37(24(36-21)25(3,4)5)14-17-8-7-16(22(38)27(31,32)33)11-20(17)26(28,29)30/h7-11,13,22,38H,6,12,14H2,1-5H3,(H,35,39). The molecule has 8 nitrogen and oxygen atoms in total. The molecule has 0 saturated heterocycles. The Morgan fingerprint density at radius 2 is 1.71 bits per heavy atom. The number of hydrogen-bond acceptors (Lipinski definition) is 6. The molecule has 3 aromatic rings. The van der Waals surface area contributed by atoms with Crippen LogP contribution in [0, 0.1) is 6.92 Å². The molecule has 1 aromatic carbocycles. The van der Waals surface area contributed by atoms with Crippen LogP contribution in [0.4, 0.5) is 26.3 Å². The lowest BCUT2D eigenvalue weighted by Crippen LogP contribution is -2.24. The van der Waals surface area contributed by atoms with Crippen LogP contribution in [0.2, 0.25) is 0 Å². The third-order valence-electron chi connectivity index (χ3n) is 6.47. The molecule has 0 aliphatic rings. The summed E-state index contributed by atoms with van der Waals surface area (Å²) in [4.78, 5) is 21.6. The molecule has 0 fully saturated rings. The minimum Gasteiger partial charge on any atom is -0.379 e. The van der Waals surface area contributed by atoms with Gasteiger partial charge in [-0.25, -0.2) is 13.4 Å². The highest BCUT2D eigenvalue weighted by Gasteiger charge is 2.41. The van der Waals surface area contributed by atoms with Gasteiger partial charge in [0.05, 0.1) is 28.5 Å². The van der Waals surface area contributed by atoms with Gasteiger partial charge in [-0.3, -0.25) is 9.78 Å². The number of carbonyl (C=O) groups is 1. The summed E-state index contributed by atoms with van der Waals surface area (Å²) in [6.07, 6.45) is -12.1. The largest absolute Gasteiger partial charge is 0.418 e. The molecule has 2 heterocycles. The van der Waals surface area contributed by atoms with E-state index in [0.717, 1.165) is 12.1 Å². The Hall–Kier alpha value is -3.46. The van der Waals surface area contributed by atoms with Gasteiger partial charge in [0.25, 0.3) is 5.91 Å². The second-order valence-corrected chi connectivity index (χ2v) is 12.9. The minimum atomic E-state index is -5.16. The first-order valence-corrected chi connectivity index (χ1v) is 14.3. The topological polar surface area (TPSA) is 114 Å². The summed E-state index contributed by atoms with van der Waals surface area (Å²) >= 11 is 0. The zero-order valence-corrected chi connectivity index (χ0v) is 24.2. The van der Waals surface area contributed by atoms with E-state index >= 15 is 0 Å². The Balaban J connectivity index is 1.95. The molecule has 42 heavy (non-hydrogen) atoms. The Kier molecular flexibility index (Phi) is 9.18. The van der Waals surface area contributed by atoms with Gasteiger partial charge >= 0.3 is 12.4 Å². The lowest BCUT2D eigenvalue weighted by Gasteiger charge is -2.23. The summed E-state index contributed by atoms with van der Waals surface area (Å²) in [5.74, 6) is -0.513. The average Bonchev–Trinajstić information content (AvgIpc) is 3.22. The van der Waals surface area contributed by atoms with Crippen LogP contribution in [0.25, 0.3) is 0 Å². The minimum absolute atomic E-state index is 0.0312. The SMILES string of the molecule is CCS(=O)(=O)c1ccc(CNC(=O)c2nc(C(C)(C)C)n(Cc3ccc(C(O)C(F)(F)F)cc3C(F)(F)F)c2C)nc1. The Bertz CT molecular complexity index is 1560. The summed E-state index contributed by atoms with van der Waals surface area (Å²) in [7, 11) is -3.46. The van der Waals surface area contributed by atoms with E-state index in [2.05, 4.69) is 15.3 Å². The quantitative estimate of drug-likeness (QED) is 0.332. The second kappa shape index (κ2) is 11.7. The summed E-state index contributed by atoms with van der Waals surface area (Å²) in [5, 5.41) is 12.1. The van der Waals surface area contributed by atoms with Gasteiger partial charge in [0.1, 0.15) is 11.5 Å². The maximum Gasteiger partial charge on any atom is 0.418 e. The second-order valence-electron chi connectivity index (χ2n) is 10.6. The number of nitrogens with zero attached hydrogens (tertiary/aromatic N) is 3. The first kappa shape index (κ1) is 33.0. The summed E-state index contributed by atoms with van der Waals surface area (Å²) in [5.41, 5.74) is -2.97. The molecule has 2 N–H and O–H groups in total. The predicted octanol–water partition coefficient (Wildman–Crippen LogP) is 5.27. The van der Waals surface area contributed by atoms with Gasteiger partial charge in [-0.2, -0.15) is 26.3 Å². The lowest BCUT2D eigenvalue weighted by molar-refractivity contribution is -0.207. The fourth-order valence-electron chi connectivity index (χ4n) is 4.16. The number of pyridine rings is 1. The number of rotatable bonds is 8. The van der Waals surface area contributed by atoms with Crippen molar-refractivity contribution in [1.82, 2.24) is 19.9 Å². The van der Waals surface area contributed by atoms with Crippen molar-refractivity contribution in [2.24, 2.45) is 0 Å². The molecule has 0 spiro atoms. The molecule has 1 atom stereocenters. The molecule has 0 aliphatic carbocycles. The average molecular weight is 621 g/mol. The van der Waals surface area contributed by atoms with Crippen molar-refractivity contribution in [2.45, 2.75) is 76.5 Å². The fourth-order valence-corrected chi connectivity index (χ4v) is 4.98. The predicted molar refractivity (Wildman–Crippen MR) is 140 cm³/mol. The highest BCUT2D eigenvalue weighted by Crippen LogP contribution is 2.38. The number of sulfone groups is 1. The molecule has 1 unspecified atom stereocenters. The number of carbonyl (C=O) groups excluding carboxylic acids is 1. The fraction of sp³-hybridized carbons (Fsp3) is 0.444. The number of aromatic nitrogens is 3. The van der Waals surface area contributed by atoms with Crippen LogP contribution in [0.1, 0.15) is 78.2 Å². The number of halogens is 6. The van der Waals surface area contributed by atoms with Gasteiger partial charge < -0.3 is 15.0 Å². The van der Waals surface area contributed by atoms with Gasteiger partial charge in [-0.1, -0.05) is 39.8 Å². The van der Waals surface area contributed by atoms with Crippen LogP contribution in [-0.4, -0.2) is 45.9 Å². The van der Waals surface area contributed by atoms with E-state index in [1.807, 2.05) is 0 Å². The van der Waals surface area contributed by atoms with Crippen molar-refractivity contribution in [1.29, 1.82) is 0 Å². The molecule has 0 bridgehead atoms. The van der Waals surface area contributed by atoms with Gasteiger partial charge in [-0.05, 0) is 36.2 Å². The lowest BCUT2D eigenvalue weighted by atomic mass is 9.95. The van der Waals surface area contributed by atoms with Crippen molar-refractivity contribution in [3.63, 3.8) is 0 Å². The molecular weight excluding hydrogens is 590 g/mol. The molecule has 15 heteroatoms. The van der Waals surface area contributed by atoms with Crippen LogP contribution in [0.15, 0.2) is 41.4 Å². The van der Waals surface area contributed by atoms with E-state index in [9.17, 15) is 44.7 Å². The van der Waals surface area contributed by atoms with E-state index in [1.165, 1.54) is 36.7 Å². The Morgan fingerprint density at radius 1 is 1.07 bits per heavy atom. The van der Waals surface area contributed by atoms with Gasteiger partial charge in [-0.15, -0.1) is 0 Å². The van der Waals surface area contributed by atoms with Crippen LogP contribution in [0.3, 0.4) is 0 Å². The van der Waals surface area contributed by atoms with E-state index in [-0.39, 0.29) is 46.0 Å². The van der Waals surface area contributed by atoms with E-state index in [1.54, 1.807) is 20.8 Å². The van der Waals surface area contributed by atoms with E-state index < -0.39 is 57.3 Å². The summed E-state index contributed by atoms with van der Waals surface area (Å²) in [6, 6.07) is 4.72. The smallest absolute Gasteiger partial charge is 0.379 e. The molecular formula is C27H30F6N4O4S. The molecule has 2 aromatic heterocycles. The number of imidazole rings is 1. The molecule has 0 aliphatic heterocycles. The van der Waals surface area contributed by atoms with Crippen molar-refractivity contribution < 1.29 is 44.7 Å². The number of amides is 1. The monoisotopic (exact) mass is 620 g/mol. The van der Waals surface area contributed by atoms with Crippen LogP contribution in [0.5, 0.6) is 0 Å². The van der Waals surface area contributed by atoms with Gasteiger partial charge in [0, 0.05) is 23.9 Å². The highest BCUT2D eigenvalue weighted by atomic mass is 32.2.